The SMILES string of the molecule is CC(C)[C@H](NC(=O)c1ccco1)C(=O)N1CCC2(CC1)OCCO2. The summed E-state index contributed by atoms with van der Waals surface area (Å²) in [6.45, 7) is 6.19. The molecule has 2 saturated heterocycles. The molecule has 24 heavy (non-hydrogen) atoms. The van der Waals surface area contributed by atoms with Crippen molar-refractivity contribution < 1.29 is 23.5 Å². The van der Waals surface area contributed by atoms with E-state index in [2.05, 4.69) is 5.32 Å². The molecule has 1 N–H and O–H groups in total. The van der Waals surface area contributed by atoms with Crippen molar-refractivity contribution in [2.24, 2.45) is 5.92 Å². The highest BCUT2D eigenvalue weighted by Crippen LogP contribution is 2.31. The lowest BCUT2D eigenvalue weighted by Gasteiger charge is -2.39. The first-order valence-electron chi connectivity index (χ1n) is 8.42. The summed E-state index contributed by atoms with van der Waals surface area (Å²) in [6, 6.07) is 2.64. The molecule has 0 unspecified atom stereocenters. The van der Waals surface area contributed by atoms with Gasteiger partial charge in [0.2, 0.25) is 5.91 Å². The second kappa shape index (κ2) is 6.94. The van der Waals surface area contributed by atoms with E-state index in [1.807, 2.05) is 13.8 Å². The molecule has 1 spiro atoms. The summed E-state index contributed by atoms with van der Waals surface area (Å²) in [5.74, 6) is -0.771. The Hall–Kier alpha value is -1.86. The minimum absolute atomic E-state index is 0.0220. The van der Waals surface area contributed by atoms with Crippen molar-refractivity contribution in [3.8, 4) is 0 Å². The summed E-state index contributed by atoms with van der Waals surface area (Å²) in [5, 5.41) is 2.79. The first-order chi connectivity index (χ1) is 11.5. The number of nitrogens with zero attached hydrogens (tertiary/aromatic N) is 1. The van der Waals surface area contributed by atoms with Gasteiger partial charge in [-0.2, -0.15) is 0 Å². The first-order valence-corrected chi connectivity index (χ1v) is 8.42. The fraction of sp³-hybridized carbons (Fsp3) is 0.647. The molecule has 0 aromatic carbocycles. The van der Waals surface area contributed by atoms with Crippen molar-refractivity contribution in [2.45, 2.75) is 38.5 Å². The fourth-order valence-corrected chi connectivity index (χ4v) is 3.18. The molecule has 2 amide bonds. The second-order valence-corrected chi connectivity index (χ2v) is 6.61. The van der Waals surface area contributed by atoms with Crippen molar-refractivity contribution in [2.75, 3.05) is 26.3 Å². The van der Waals surface area contributed by atoms with E-state index in [0.29, 0.717) is 39.1 Å². The van der Waals surface area contributed by atoms with E-state index in [1.54, 1.807) is 17.0 Å². The molecule has 1 atom stereocenters. The predicted octanol–water partition coefficient (Wildman–Crippen LogP) is 1.40. The molecule has 2 aliphatic rings. The third-order valence-electron chi connectivity index (χ3n) is 4.61. The maximum atomic E-state index is 12.8. The molecule has 2 fully saturated rings. The zero-order chi connectivity index (χ0) is 17.2. The van der Waals surface area contributed by atoms with Crippen molar-refractivity contribution in [3.05, 3.63) is 24.2 Å². The molecular weight excluding hydrogens is 312 g/mol. The van der Waals surface area contributed by atoms with E-state index >= 15 is 0 Å². The summed E-state index contributed by atoms with van der Waals surface area (Å²) < 4.78 is 16.5. The topological polar surface area (TPSA) is 81.0 Å². The molecule has 3 rings (SSSR count). The number of carbonyl (C=O) groups is 2. The smallest absolute Gasteiger partial charge is 0.287 e. The minimum atomic E-state index is -0.581. The summed E-state index contributed by atoms with van der Waals surface area (Å²) >= 11 is 0. The van der Waals surface area contributed by atoms with E-state index in [-0.39, 0.29) is 23.5 Å². The van der Waals surface area contributed by atoms with Gasteiger partial charge in [-0.25, -0.2) is 0 Å². The monoisotopic (exact) mass is 336 g/mol. The lowest BCUT2D eigenvalue weighted by atomic mass is 9.99. The van der Waals surface area contributed by atoms with Crippen LogP contribution in [0.2, 0.25) is 0 Å². The molecule has 132 valence electrons. The van der Waals surface area contributed by atoms with Gasteiger partial charge in [-0.1, -0.05) is 13.8 Å². The highest BCUT2D eigenvalue weighted by Gasteiger charge is 2.42. The zero-order valence-electron chi connectivity index (χ0n) is 14.1. The first kappa shape index (κ1) is 17.0. The average molecular weight is 336 g/mol. The molecule has 1 aromatic rings. The Bertz CT molecular complexity index is 568. The van der Waals surface area contributed by atoms with Crippen molar-refractivity contribution in [1.29, 1.82) is 0 Å². The van der Waals surface area contributed by atoms with Crippen molar-refractivity contribution in [1.82, 2.24) is 10.2 Å². The lowest BCUT2D eigenvalue weighted by molar-refractivity contribution is -0.188. The van der Waals surface area contributed by atoms with Gasteiger partial charge < -0.3 is 24.1 Å². The Balaban J connectivity index is 1.61. The van der Waals surface area contributed by atoms with E-state index in [1.165, 1.54) is 6.26 Å². The number of amides is 2. The molecule has 1 aromatic heterocycles. The van der Waals surface area contributed by atoms with Gasteiger partial charge in [0.05, 0.1) is 19.5 Å². The minimum Gasteiger partial charge on any atom is -0.459 e. The van der Waals surface area contributed by atoms with Gasteiger partial charge in [0.1, 0.15) is 6.04 Å². The van der Waals surface area contributed by atoms with Crippen LogP contribution in [0.5, 0.6) is 0 Å². The summed E-state index contributed by atoms with van der Waals surface area (Å²) in [6.07, 6.45) is 2.76. The van der Waals surface area contributed by atoms with Crippen LogP contribution < -0.4 is 5.32 Å². The van der Waals surface area contributed by atoms with Gasteiger partial charge in [-0.3, -0.25) is 9.59 Å². The highest BCUT2D eigenvalue weighted by atomic mass is 16.7. The van der Waals surface area contributed by atoms with Crippen LogP contribution in [0.15, 0.2) is 22.8 Å². The Kier molecular flexibility index (Phi) is 4.91. The van der Waals surface area contributed by atoms with Crippen LogP contribution in [0.4, 0.5) is 0 Å². The van der Waals surface area contributed by atoms with Crippen LogP contribution in [-0.4, -0.2) is 54.8 Å². The third kappa shape index (κ3) is 3.47. The number of piperidine rings is 1. The molecule has 0 bridgehead atoms. The quantitative estimate of drug-likeness (QED) is 0.899. The lowest BCUT2D eigenvalue weighted by Crippen LogP contribution is -2.55. The number of carbonyl (C=O) groups excluding carboxylic acids is 2. The maximum Gasteiger partial charge on any atom is 0.287 e. The standard InChI is InChI=1S/C17H24N2O5/c1-12(2)14(18-15(20)13-4-3-9-22-13)16(21)19-7-5-17(6-8-19)23-10-11-24-17/h3-4,9,12,14H,5-8,10-11H2,1-2H3,(H,18,20)/t14-/m0/s1. The molecule has 7 nitrogen and oxygen atoms in total. The fourth-order valence-electron chi connectivity index (χ4n) is 3.18. The number of nitrogens with one attached hydrogen (secondary N) is 1. The number of hydrogen-bond donors (Lipinski definition) is 1. The van der Waals surface area contributed by atoms with Crippen LogP contribution in [0, 0.1) is 5.92 Å². The molecule has 0 radical (unpaired) electrons. The number of hydrogen-bond acceptors (Lipinski definition) is 5. The zero-order valence-corrected chi connectivity index (χ0v) is 14.1. The molecular formula is C17H24N2O5. The van der Waals surface area contributed by atoms with Gasteiger partial charge in [0.25, 0.3) is 5.91 Å². The predicted molar refractivity (Wildman–Crippen MR) is 85.2 cm³/mol. The number of rotatable bonds is 4. The van der Waals surface area contributed by atoms with Gasteiger partial charge in [0.15, 0.2) is 11.5 Å². The number of likely N-dealkylation sites (tertiary alicyclic amines) is 1. The van der Waals surface area contributed by atoms with E-state index in [9.17, 15) is 9.59 Å². The van der Waals surface area contributed by atoms with Gasteiger partial charge in [-0.05, 0) is 18.1 Å². The van der Waals surface area contributed by atoms with E-state index in [0.717, 1.165) is 0 Å². The molecule has 0 saturated carbocycles. The average Bonchev–Trinajstić information content (AvgIpc) is 3.24. The van der Waals surface area contributed by atoms with Gasteiger partial charge in [0, 0.05) is 25.9 Å². The van der Waals surface area contributed by atoms with Crippen LogP contribution in [0.25, 0.3) is 0 Å². The summed E-state index contributed by atoms with van der Waals surface area (Å²) in [4.78, 5) is 26.8. The molecule has 2 aliphatic heterocycles. The highest BCUT2D eigenvalue weighted by molar-refractivity contribution is 5.95. The van der Waals surface area contributed by atoms with E-state index < -0.39 is 11.8 Å². The van der Waals surface area contributed by atoms with Crippen LogP contribution in [-0.2, 0) is 14.3 Å². The Morgan fingerprint density at radius 2 is 1.88 bits per heavy atom. The van der Waals surface area contributed by atoms with Crippen LogP contribution in [0.1, 0.15) is 37.2 Å². The van der Waals surface area contributed by atoms with Gasteiger partial charge >= 0.3 is 0 Å². The van der Waals surface area contributed by atoms with Gasteiger partial charge in [-0.15, -0.1) is 0 Å². The van der Waals surface area contributed by atoms with Crippen molar-refractivity contribution >= 4 is 11.8 Å². The molecule has 7 heteroatoms. The van der Waals surface area contributed by atoms with Crippen LogP contribution in [0.3, 0.4) is 0 Å². The summed E-state index contributed by atoms with van der Waals surface area (Å²) in [7, 11) is 0. The third-order valence-corrected chi connectivity index (χ3v) is 4.61. The summed E-state index contributed by atoms with van der Waals surface area (Å²) in [5.41, 5.74) is 0. The number of furan rings is 1. The maximum absolute atomic E-state index is 12.8. The Morgan fingerprint density at radius 1 is 1.21 bits per heavy atom. The Morgan fingerprint density at radius 3 is 2.42 bits per heavy atom. The normalized spacial score (nSPS) is 21.2. The number of ether oxygens (including phenoxy) is 2. The molecule has 3 heterocycles. The van der Waals surface area contributed by atoms with E-state index in [4.69, 9.17) is 13.9 Å². The molecule has 0 aliphatic carbocycles. The Labute approximate surface area is 141 Å². The van der Waals surface area contributed by atoms with Crippen molar-refractivity contribution in [3.63, 3.8) is 0 Å². The largest absolute Gasteiger partial charge is 0.459 e. The van der Waals surface area contributed by atoms with Crippen LogP contribution >= 0.6 is 0 Å². The second-order valence-electron chi connectivity index (χ2n) is 6.61.